The second-order valence-electron chi connectivity index (χ2n) is 9.91. The number of rotatable bonds is 6. The van der Waals surface area contributed by atoms with Crippen molar-refractivity contribution < 1.29 is 135 Å². The molecule has 6 nitrogen and oxygen atoms in total. The minimum absolute atomic E-state index is 1.32. The fourth-order valence-electron chi connectivity index (χ4n) is 5.55. The van der Waals surface area contributed by atoms with Crippen LogP contribution in [0.5, 0.6) is 0 Å². The molecular weight excluding hydrogens is 792 g/mol. The first-order valence-electron chi connectivity index (χ1n) is 11.0. The van der Waals surface area contributed by atoms with Gasteiger partial charge < -0.3 is 20.4 Å². The Morgan fingerprint density at radius 1 is 0.420 bits per heavy atom. The molecule has 4 rings (SSSR count). The van der Waals surface area contributed by atoms with E-state index in [1.807, 2.05) is 0 Å². The molecule has 0 spiro atoms. The van der Waals surface area contributed by atoms with Crippen molar-refractivity contribution in [2.75, 3.05) is 0 Å². The molecule has 0 aromatic rings. The Morgan fingerprint density at radius 3 is 0.700 bits per heavy atom. The number of hydrogen-bond acceptors (Lipinski definition) is 4. The Morgan fingerprint density at radius 2 is 0.580 bits per heavy atom. The Labute approximate surface area is 255 Å². The molecule has 4 aliphatic rings. The molecule has 0 aromatic heterocycles. The van der Waals surface area contributed by atoms with Crippen molar-refractivity contribution >= 4 is 11.9 Å². The van der Waals surface area contributed by atoms with Crippen molar-refractivity contribution in [2.45, 2.75) is 70.9 Å². The predicted octanol–water partition coefficient (Wildman–Crippen LogP) is 6.78. The van der Waals surface area contributed by atoms with Crippen molar-refractivity contribution in [3.63, 3.8) is 0 Å². The number of halogens is 24. The quantitative estimate of drug-likeness (QED) is 0.174. The second kappa shape index (κ2) is 10.6. The molecular formula is C20H8F24O6. The van der Waals surface area contributed by atoms with E-state index in [1.54, 1.807) is 0 Å². The Hall–Kier alpha value is -3.34. The van der Waals surface area contributed by atoms with Gasteiger partial charge in [-0.1, -0.05) is 13.2 Å². The van der Waals surface area contributed by atoms with E-state index in [9.17, 15) is 97.4 Å². The average Bonchev–Trinajstić information content (AvgIpc) is 2.83. The van der Waals surface area contributed by atoms with Crippen LogP contribution >= 0.6 is 0 Å². The molecule has 292 valence electrons. The van der Waals surface area contributed by atoms with E-state index < -0.39 is 105 Å². The normalized spacial score (nSPS) is 34.0. The molecule has 0 saturated heterocycles. The Kier molecular flexibility index (Phi) is 9.48. The number of hydrogen-bond donors (Lipinski definition) is 4. The monoisotopic (exact) mass is 800 g/mol. The molecule has 0 unspecified atom stereocenters. The summed E-state index contributed by atoms with van der Waals surface area (Å²) >= 11 is 0. The van der Waals surface area contributed by atoms with Gasteiger partial charge in [-0.05, 0) is 0 Å². The maximum absolute atomic E-state index is 15.1. The van der Waals surface area contributed by atoms with Gasteiger partial charge in [-0.15, -0.1) is 0 Å². The number of alkyl halides is 22. The van der Waals surface area contributed by atoms with Crippen molar-refractivity contribution in [3.8, 4) is 0 Å². The zero-order valence-electron chi connectivity index (χ0n) is 22.1. The summed E-state index contributed by atoms with van der Waals surface area (Å²) in [5.74, 6) is -79.3. The van der Waals surface area contributed by atoms with Crippen LogP contribution in [-0.4, -0.2) is 103 Å². The lowest BCUT2D eigenvalue weighted by molar-refractivity contribution is -0.663. The lowest BCUT2D eigenvalue weighted by Gasteiger charge is -2.78. The molecule has 4 saturated carbocycles. The van der Waals surface area contributed by atoms with Gasteiger partial charge in [0.05, 0.1) is 0 Å². The summed E-state index contributed by atoms with van der Waals surface area (Å²) in [5.41, 5.74) is -36.9. The molecule has 30 heteroatoms. The fraction of sp³-hybridized carbons (Fsp3) is 0.700. The minimum atomic E-state index is -9.56. The summed E-state index contributed by atoms with van der Waals surface area (Å²) in [4.78, 5) is 18.4. The highest BCUT2D eigenvalue weighted by Crippen LogP contribution is 2.96. The number of aliphatic carboxylic acids is 2. The van der Waals surface area contributed by atoms with Gasteiger partial charge in [0.25, 0.3) is 5.92 Å². The maximum atomic E-state index is 15.1. The van der Waals surface area contributed by atoms with Crippen molar-refractivity contribution in [1.29, 1.82) is 0 Å². The van der Waals surface area contributed by atoms with Crippen LogP contribution in [0.15, 0.2) is 24.8 Å². The van der Waals surface area contributed by atoms with E-state index in [4.69, 9.17) is 20.4 Å². The third kappa shape index (κ3) is 3.85. The Bertz CT molecular complexity index is 1290. The van der Waals surface area contributed by atoms with Crippen LogP contribution in [0.2, 0.25) is 0 Å². The highest BCUT2D eigenvalue weighted by Gasteiger charge is 3.27. The molecule has 50 heavy (non-hydrogen) atoms. The lowest BCUT2D eigenvalue weighted by atomic mass is 9.30. The molecule has 0 heterocycles. The first-order chi connectivity index (χ1) is 21.3. The van der Waals surface area contributed by atoms with Crippen molar-refractivity contribution in [3.05, 3.63) is 24.8 Å². The number of aliphatic hydroxyl groups is 2. The summed E-state index contributed by atoms with van der Waals surface area (Å²) in [6.45, 7) is 4.98. The fourth-order valence-corrected chi connectivity index (χ4v) is 5.55. The first kappa shape index (κ1) is 44.7. The van der Waals surface area contributed by atoms with Gasteiger partial charge in [0.1, 0.15) is 0 Å². The third-order valence-corrected chi connectivity index (χ3v) is 7.58. The van der Waals surface area contributed by atoms with Crippen LogP contribution < -0.4 is 0 Å². The topological polar surface area (TPSA) is 115 Å². The standard InChI is InChI=1S/C14H2F22O2.2C3H3FO2/c15-3-6(19,20)1(10(27,28)13(33,34)37)5(17,18)2(8(3,23)24,11(29,30)14(35,36)38)9(25,26)4(16,7(1,21)22)12(3,31)32;2*1-2(4)3(5)6/h37-38H;2*1H2,(H,5,6). The smallest absolute Gasteiger partial charge is 0.418 e. The average molecular weight is 800 g/mol. The predicted molar refractivity (Wildman–Crippen MR) is 102 cm³/mol. The van der Waals surface area contributed by atoms with Crippen LogP contribution in [-0.2, 0) is 9.59 Å². The highest BCUT2D eigenvalue weighted by molar-refractivity contribution is 5.83. The number of carbonyl (C=O) groups is 2. The largest absolute Gasteiger partial charge is 0.476 e. The van der Waals surface area contributed by atoms with Gasteiger partial charge >= 0.3 is 77.0 Å². The van der Waals surface area contributed by atoms with E-state index in [2.05, 4.69) is 13.2 Å². The molecule has 0 amide bonds. The van der Waals surface area contributed by atoms with Crippen LogP contribution in [0.3, 0.4) is 0 Å². The zero-order chi connectivity index (χ0) is 41.3. The summed E-state index contributed by atoms with van der Waals surface area (Å²) in [5, 5.41) is 31.1. The summed E-state index contributed by atoms with van der Waals surface area (Å²) in [7, 11) is 0. The molecule has 4 bridgehead atoms. The van der Waals surface area contributed by atoms with Crippen LogP contribution in [0.25, 0.3) is 0 Å². The van der Waals surface area contributed by atoms with E-state index in [0.29, 0.717) is 0 Å². The lowest BCUT2D eigenvalue weighted by Crippen LogP contribution is -3.10. The highest BCUT2D eigenvalue weighted by atomic mass is 19.4. The molecule has 0 aromatic carbocycles. The third-order valence-electron chi connectivity index (χ3n) is 7.58. The van der Waals surface area contributed by atoms with E-state index in [0.717, 1.165) is 0 Å². The Balaban J connectivity index is 0.000000890. The van der Waals surface area contributed by atoms with Crippen LogP contribution in [0.1, 0.15) is 0 Å². The minimum Gasteiger partial charge on any atom is -0.476 e. The SMILES string of the molecule is C=C(F)C(=O)O.C=C(F)C(=O)O.OC(F)(F)C(F)(F)C12C(F)(F)C3(F)C(F)(F)C(F)(C1(F)F)C(F)(F)C(C(F)(F)C(O)(F)F)(C3(F)F)C2(F)F. The second-order valence-corrected chi connectivity index (χ2v) is 9.91. The maximum Gasteiger partial charge on any atom is 0.418 e. The van der Waals surface area contributed by atoms with Gasteiger partial charge in [-0.3, -0.25) is 0 Å². The molecule has 0 atom stereocenters. The van der Waals surface area contributed by atoms with E-state index >= 15 is 17.6 Å². The van der Waals surface area contributed by atoms with Gasteiger partial charge in [-0.2, -0.15) is 52.7 Å². The number of carboxylic acid groups (broad SMARTS) is 2. The molecule has 4 N–H and O–H groups in total. The molecule has 4 fully saturated rings. The van der Waals surface area contributed by atoms with Crippen molar-refractivity contribution in [2.24, 2.45) is 10.8 Å². The zero-order valence-corrected chi connectivity index (χ0v) is 22.1. The van der Waals surface area contributed by atoms with Gasteiger partial charge in [-0.25, -0.2) is 62.3 Å². The first-order valence-corrected chi connectivity index (χ1v) is 11.0. The summed E-state index contributed by atoms with van der Waals surface area (Å²) < 4.78 is 338. The molecule has 0 radical (unpaired) electrons. The van der Waals surface area contributed by atoms with Crippen molar-refractivity contribution in [1.82, 2.24) is 0 Å². The van der Waals surface area contributed by atoms with Crippen LogP contribution in [0.4, 0.5) is 105 Å². The van der Waals surface area contributed by atoms with Crippen LogP contribution in [0, 0.1) is 10.8 Å². The number of carboxylic acids is 2. The molecule has 4 aliphatic carbocycles. The van der Waals surface area contributed by atoms with E-state index in [-0.39, 0.29) is 0 Å². The van der Waals surface area contributed by atoms with Gasteiger partial charge in [0.2, 0.25) is 22.5 Å². The summed E-state index contributed by atoms with van der Waals surface area (Å²) in [6.07, 6.45) is -16.4. The van der Waals surface area contributed by atoms with Gasteiger partial charge in [0.15, 0.2) is 0 Å². The molecule has 0 aliphatic heterocycles. The summed E-state index contributed by atoms with van der Waals surface area (Å²) in [6, 6.07) is 0. The van der Waals surface area contributed by atoms with Gasteiger partial charge in [0, 0.05) is 0 Å². The van der Waals surface area contributed by atoms with E-state index in [1.165, 1.54) is 0 Å².